The fraction of sp³-hybridized carbons (Fsp3) is 0.500. The van der Waals surface area contributed by atoms with Crippen LogP contribution in [0.25, 0.3) is 5.78 Å². The van der Waals surface area contributed by atoms with Gasteiger partial charge in [0.1, 0.15) is 18.3 Å². The van der Waals surface area contributed by atoms with Crippen molar-refractivity contribution in [2.75, 3.05) is 6.61 Å². The van der Waals surface area contributed by atoms with E-state index < -0.39 is 36.4 Å². The number of carbonyl (C=O) groups is 1. The molecule has 0 saturated carbocycles. The molecule has 3 atom stereocenters. The van der Waals surface area contributed by atoms with Crippen LogP contribution in [0.5, 0.6) is 0 Å². The van der Waals surface area contributed by atoms with Crippen molar-refractivity contribution in [1.82, 2.24) is 19.2 Å². The number of aliphatic hydroxyl groups is 4. The van der Waals surface area contributed by atoms with Crippen LogP contribution in [-0.2, 0) is 0 Å². The van der Waals surface area contributed by atoms with E-state index in [1.807, 2.05) is 0 Å². The Morgan fingerprint density at radius 2 is 1.95 bits per heavy atom. The summed E-state index contributed by atoms with van der Waals surface area (Å²) in [6, 6.07) is 1.16. The van der Waals surface area contributed by atoms with Crippen molar-refractivity contribution in [1.29, 1.82) is 0 Å². The van der Waals surface area contributed by atoms with Crippen LogP contribution < -0.4 is 5.56 Å². The third-order valence-corrected chi connectivity index (χ3v) is 3.26. The van der Waals surface area contributed by atoms with E-state index in [9.17, 15) is 24.9 Å². The number of fused-ring (bicyclic) bond motifs is 1. The maximum atomic E-state index is 11.8. The van der Waals surface area contributed by atoms with Gasteiger partial charge in [0, 0.05) is 18.7 Å². The van der Waals surface area contributed by atoms with Gasteiger partial charge in [-0.3, -0.25) is 14.0 Å². The lowest BCUT2D eigenvalue weighted by atomic mass is 10.1. The number of aryl methyl sites for hydroxylation is 1. The Bertz CT molecular complexity index is 767. The van der Waals surface area contributed by atoms with Crippen LogP contribution in [0.1, 0.15) is 29.3 Å². The molecule has 2 rings (SSSR count). The minimum Gasteiger partial charge on any atom is -0.394 e. The minimum absolute atomic E-state index is 0.114. The van der Waals surface area contributed by atoms with Gasteiger partial charge in [0.15, 0.2) is 5.82 Å². The average Bonchev–Trinajstić information content (AvgIpc) is 2.89. The molecule has 0 aliphatic heterocycles. The second-order valence-electron chi connectivity index (χ2n) is 4.86. The zero-order chi connectivity index (χ0) is 16.6. The quantitative estimate of drug-likeness (QED) is 0.488. The summed E-state index contributed by atoms with van der Waals surface area (Å²) in [6.07, 6.45) is -4.97. The Hall–Kier alpha value is -2.14. The summed E-state index contributed by atoms with van der Waals surface area (Å²) in [5.41, 5.74) is -0.260. The summed E-state index contributed by atoms with van der Waals surface area (Å²) in [7, 11) is 0. The molecule has 0 aliphatic carbocycles. The topological polar surface area (TPSA) is 150 Å². The number of rotatable bonds is 4. The molecule has 120 valence electrons. The summed E-state index contributed by atoms with van der Waals surface area (Å²) in [6.45, 7) is 1.95. The predicted molar refractivity (Wildman–Crippen MR) is 72.3 cm³/mol. The van der Waals surface area contributed by atoms with E-state index in [2.05, 4.69) is 10.2 Å². The van der Waals surface area contributed by atoms with E-state index in [1.54, 1.807) is 0 Å². The summed E-state index contributed by atoms with van der Waals surface area (Å²) >= 11 is 0. The van der Waals surface area contributed by atoms with Gasteiger partial charge in [0.2, 0.25) is 11.7 Å². The molecular weight excluding hydrogens is 296 g/mol. The van der Waals surface area contributed by atoms with Crippen molar-refractivity contribution in [3.8, 4) is 0 Å². The lowest BCUT2D eigenvalue weighted by molar-refractivity contribution is -0.0806. The van der Waals surface area contributed by atoms with E-state index in [-0.39, 0.29) is 11.6 Å². The molecule has 0 spiro atoms. The van der Waals surface area contributed by atoms with Crippen LogP contribution >= 0.6 is 0 Å². The van der Waals surface area contributed by atoms with Crippen LogP contribution in [0.4, 0.5) is 0 Å². The summed E-state index contributed by atoms with van der Waals surface area (Å²) in [5.74, 6) is -0.862. The lowest BCUT2D eigenvalue weighted by Gasteiger charge is -2.20. The monoisotopic (exact) mass is 312 g/mol. The number of hydrogen-bond donors (Lipinski definition) is 4. The highest BCUT2D eigenvalue weighted by Crippen LogP contribution is 2.19. The predicted octanol–water partition coefficient (Wildman–Crippen LogP) is -2.39. The molecular formula is C12H16N4O6. The van der Waals surface area contributed by atoms with Gasteiger partial charge in [-0.05, 0) is 6.92 Å². The van der Waals surface area contributed by atoms with Crippen molar-refractivity contribution in [3.05, 3.63) is 27.9 Å². The lowest BCUT2D eigenvalue weighted by Crippen LogP contribution is -2.36. The maximum absolute atomic E-state index is 11.8. The highest BCUT2D eigenvalue weighted by molar-refractivity contribution is 5.79. The van der Waals surface area contributed by atoms with Crippen LogP contribution in [-0.4, -0.2) is 64.3 Å². The van der Waals surface area contributed by atoms with Gasteiger partial charge in [-0.25, -0.2) is 4.57 Å². The van der Waals surface area contributed by atoms with Gasteiger partial charge in [-0.1, -0.05) is 0 Å². The third-order valence-electron chi connectivity index (χ3n) is 3.26. The van der Waals surface area contributed by atoms with E-state index in [0.717, 1.165) is 10.6 Å². The van der Waals surface area contributed by atoms with Gasteiger partial charge >= 0.3 is 0 Å². The molecule has 2 aromatic heterocycles. The Morgan fingerprint density at radius 1 is 1.32 bits per heavy atom. The Balaban J connectivity index is 2.66. The van der Waals surface area contributed by atoms with E-state index in [4.69, 9.17) is 5.11 Å². The van der Waals surface area contributed by atoms with Crippen LogP contribution in [0.3, 0.4) is 0 Å². The van der Waals surface area contributed by atoms with Crippen molar-refractivity contribution in [2.45, 2.75) is 32.2 Å². The Morgan fingerprint density at radius 3 is 2.50 bits per heavy atom. The minimum atomic E-state index is -1.71. The fourth-order valence-corrected chi connectivity index (χ4v) is 2.14. The fourth-order valence-electron chi connectivity index (χ4n) is 2.14. The Labute approximate surface area is 123 Å². The smallest absolute Gasteiger partial charge is 0.261 e. The first-order valence-electron chi connectivity index (χ1n) is 6.43. The molecule has 22 heavy (non-hydrogen) atoms. The molecule has 10 nitrogen and oxygen atoms in total. The number of nitrogens with zero attached hydrogens (tertiary/aromatic N) is 4. The molecule has 0 radical (unpaired) electrons. The average molecular weight is 312 g/mol. The first-order chi connectivity index (χ1) is 10.3. The molecule has 0 unspecified atom stereocenters. The summed E-state index contributed by atoms with van der Waals surface area (Å²) in [5, 5.41) is 45.4. The van der Waals surface area contributed by atoms with E-state index >= 15 is 0 Å². The third kappa shape index (κ3) is 2.52. The van der Waals surface area contributed by atoms with Crippen LogP contribution in [0.2, 0.25) is 0 Å². The maximum Gasteiger partial charge on any atom is 0.261 e. The van der Waals surface area contributed by atoms with Gasteiger partial charge in [0.05, 0.1) is 6.61 Å². The van der Waals surface area contributed by atoms with Crippen molar-refractivity contribution in [3.63, 3.8) is 0 Å². The summed E-state index contributed by atoms with van der Waals surface area (Å²) in [4.78, 5) is 23.4. The van der Waals surface area contributed by atoms with Gasteiger partial charge in [-0.15, -0.1) is 10.2 Å². The first-order valence-corrected chi connectivity index (χ1v) is 6.43. The van der Waals surface area contributed by atoms with E-state index in [1.165, 1.54) is 18.2 Å². The van der Waals surface area contributed by atoms with Crippen molar-refractivity contribution in [2.24, 2.45) is 0 Å². The van der Waals surface area contributed by atoms with Crippen molar-refractivity contribution >= 4 is 11.7 Å². The number of aliphatic hydroxyl groups excluding tert-OH is 4. The normalized spacial score (nSPS) is 15.7. The molecule has 0 fully saturated rings. The van der Waals surface area contributed by atoms with Crippen LogP contribution in [0, 0.1) is 6.92 Å². The van der Waals surface area contributed by atoms with Crippen molar-refractivity contribution < 1.29 is 25.2 Å². The van der Waals surface area contributed by atoms with Gasteiger partial charge in [-0.2, -0.15) is 0 Å². The molecule has 2 heterocycles. The number of hydrogen-bond acceptors (Lipinski definition) is 8. The first kappa shape index (κ1) is 16.2. The number of aromatic nitrogens is 4. The molecule has 10 heteroatoms. The molecule has 0 bridgehead atoms. The largest absolute Gasteiger partial charge is 0.394 e. The molecule has 0 saturated heterocycles. The standard InChI is InChI=1S/C12H16N4O6/c1-5-3-8(20)16(6(2)18)12-14-13-11(15(5)12)10(22)9(21)7(19)4-17/h3,7,9-10,17,19,21-22H,4H2,1-2H3/t7-,9+,10-/m1/s1. The summed E-state index contributed by atoms with van der Waals surface area (Å²) < 4.78 is 1.99. The van der Waals surface area contributed by atoms with Gasteiger partial charge in [0.25, 0.3) is 5.56 Å². The molecule has 2 aromatic rings. The highest BCUT2D eigenvalue weighted by Gasteiger charge is 2.30. The SMILES string of the molecule is CC(=O)n1c(=O)cc(C)n2c([C@H](O)[C@@H](O)[C@H](O)CO)nnc12. The second-order valence-corrected chi connectivity index (χ2v) is 4.86. The molecule has 0 aromatic carbocycles. The van der Waals surface area contributed by atoms with Crippen LogP contribution in [0.15, 0.2) is 10.9 Å². The molecule has 4 N–H and O–H groups in total. The van der Waals surface area contributed by atoms with E-state index in [0.29, 0.717) is 5.69 Å². The molecule has 0 amide bonds. The Kier molecular flexibility index (Phi) is 4.37. The zero-order valence-electron chi connectivity index (χ0n) is 11.9. The zero-order valence-corrected chi connectivity index (χ0v) is 11.9. The highest BCUT2D eigenvalue weighted by atomic mass is 16.4. The second kappa shape index (κ2) is 5.93. The molecule has 0 aliphatic rings. The number of carbonyl (C=O) groups excluding carboxylic acids is 1. The van der Waals surface area contributed by atoms with Gasteiger partial charge < -0.3 is 20.4 Å².